The van der Waals surface area contributed by atoms with Crippen molar-refractivity contribution in [2.75, 3.05) is 18.4 Å². The molecule has 1 aliphatic heterocycles. The number of hydrogen-bond acceptors (Lipinski definition) is 3. The molecular weight excluding hydrogens is 248 g/mol. The first kappa shape index (κ1) is 12.0. The molecule has 1 heterocycles. The van der Waals surface area contributed by atoms with Crippen LogP contribution in [0.2, 0.25) is 0 Å². The molecule has 104 valence electrons. The van der Waals surface area contributed by atoms with Crippen LogP contribution in [0.15, 0.2) is 36.4 Å². The van der Waals surface area contributed by atoms with Crippen LogP contribution in [0.1, 0.15) is 19.3 Å². The molecule has 20 heavy (non-hydrogen) atoms. The van der Waals surface area contributed by atoms with Crippen LogP contribution in [0.25, 0.3) is 10.8 Å². The van der Waals surface area contributed by atoms with E-state index >= 15 is 0 Å². The number of likely N-dealkylation sites (tertiary alicyclic amines) is 1. The summed E-state index contributed by atoms with van der Waals surface area (Å²) in [6.07, 6.45) is 3.98. The first-order chi connectivity index (χ1) is 9.81. The van der Waals surface area contributed by atoms with Crippen LogP contribution in [-0.4, -0.2) is 35.2 Å². The van der Waals surface area contributed by atoms with Crippen molar-refractivity contribution in [1.29, 1.82) is 0 Å². The van der Waals surface area contributed by atoms with E-state index in [1.807, 2.05) is 18.2 Å². The van der Waals surface area contributed by atoms with Gasteiger partial charge in [0.1, 0.15) is 5.75 Å². The van der Waals surface area contributed by atoms with Crippen LogP contribution < -0.4 is 5.32 Å². The maximum absolute atomic E-state index is 9.94. The minimum absolute atomic E-state index is 0.358. The molecule has 2 fully saturated rings. The Labute approximate surface area is 119 Å². The van der Waals surface area contributed by atoms with Gasteiger partial charge in [-0.1, -0.05) is 24.3 Å². The Hall–Kier alpha value is -1.74. The third-order valence-corrected chi connectivity index (χ3v) is 4.54. The molecule has 2 N–H and O–H groups in total. The lowest BCUT2D eigenvalue weighted by Gasteiger charge is -2.18. The highest BCUT2D eigenvalue weighted by molar-refractivity contribution is 5.97. The van der Waals surface area contributed by atoms with Gasteiger partial charge >= 0.3 is 0 Å². The lowest BCUT2D eigenvalue weighted by Crippen LogP contribution is -2.27. The van der Waals surface area contributed by atoms with E-state index in [9.17, 15) is 5.11 Å². The van der Waals surface area contributed by atoms with Crippen molar-refractivity contribution >= 4 is 16.5 Å². The third kappa shape index (κ3) is 2.12. The molecule has 3 nitrogen and oxygen atoms in total. The van der Waals surface area contributed by atoms with Gasteiger partial charge in [0.2, 0.25) is 0 Å². The van der Waals surface area contributed by atoms with Gasteiger partial charge in [0.05, 0.1) is 0 Å². The fraction of sp³-hybridized carbons (Fsp3) is 0.412. The quantitative estimate of drug-likeness (QED) is 0.897. The summed E-state index contributed by atoms with van der Waals surface area (Å²) in [5.74, 6) is 0.358. The van der Waals surface area contributed by atoms with Crippen LogP contribution in [0.5, 0.6) is 5.75 Å². The summed E-state index contributed by atoms with van der Waals surface area (Å²) < 4.78 is 0. The zero-order valence-corrected chi connectivity index (χ0v) is 11.5. The Kier molecular flexibility index (Phi) is 2.81. The summed E-state index contributed by atoms with van der Waals surface area (Å²) in [7, 11) is 0. The number of benzene rings is 2. The van der Waals surface area contributed by atoms with Crippen molar-refractivity contribution < 1.29 is 5.11 Å². The van der Waals surface area contributed by atoms with E-state index in [2.05, 4.69) is 22.3 Å². The summed E-state index contributed by atoms with van der Waals surface area (Å²) in [5.41, 5.74) is 1.14. The first-order valence-corrected chi connectivity index (χ1v) is 7.52. The fourth-order valence-corrected chi connectivity index (χ4v) is 3.32. The van der Waals surface area contributed by atoms with E-state index in [1.165, 1.54) is 25.8 Å². The van der Waals surface area contributed by atoms with Gasteiger partial charge in [0.15, 0.2) is 0 Å². The van der Waals surface area contributed by atoms with Gasteiger partial charge in [-0.15, -0.1) is 0 Å². The SMILES string of the molecule is Oc1cccc2c(NC3CCN(C4CC4)C3)cccc12. The Morgan fingerprint density at radius 1 is 1.00 bits per heavy atom. The summed E-state index contributed by atoms with van der Waals surface area (Å²) in [6.45, 7) is 2.37. The molecule has 3 heteroatoms. The molecule has 4 rings (SSSR count). The summed E-state index contributed by atoms with van der Waals surface area (Å²) >= 11 is 0. The number of rotatable bonds is 3. The van der Waals surface area contributed by atoms with Gasteiger partial charge in [-0.3, -0.25) is 4.90 Å². The van der Waals surface area contributed by atoms with Crippen molar-refractivity contribution in [1.82, 2.24) is 4.90 Å². The van der Waals surface area contributed by atoms with Crippen molar-refractivity contribution in [3.8, 4) is 5.75 Å². The minimum Gasteiger partial charge on any atom is -0.507 e. The molecule has 2 aliphatic rings. The van der Waals surface area contributed by atoms with Gasteiger partial charge in [0, 0.05) is 41.6 Å². The number of aromatic hydroxyl groups is 1. The predicted molar refractivity (Wildman–Crippen MR) is 82.2 cm³/mol. The summed E-state index contributed by atoms with van der Waals surface area (Å²) in [4.78, 5) is 2.61. The topological polar surface area (TPSA) is 35.5 Å². The van der Waals surface area contributed by atoms with Crippen molar-refractivity contribution in [3.63, 3.8) is 0 Å². The highest BCUT2D eigenvalue weighted by atomic mass is 16.3. The molecule has 1 saturated heterocycles. The van der Waals surface area contributed by atoms with Crippen LogP contribution in [0.3, 0.4) is 0 Å². The van der Waals surface area contributed by atoms with E-state index in [0.717, 1.165) is 29.0 Å². The molecule has 0 bridgehead atoms. The zero-order chi connectivity index (χ0) is 13.5. The minimum atomic E-state index is 0.358. The Bertz CT molecular complexity index is 636. The smallest absolute Gasteiger partial charge is 0.123 e. The average molecular weight is 268 g/mol. The lowest BCUT2D eigenvalue weighted by molar-refractivity contribution is 0.326. The molecule has 1 aliphatic carbocycles. The third-order valence-electron chi connectivity index (χ3n) is 4.54. The molecule has 0 spiro atoms. The molecule has 0 radical (unpaired) electrons. The number of anilines is 1. The summed E-state index contributed by atoms with van der Waals surface area (Å²) in [5, 5.41) is 15.6. The monoisotopic (exact) mass is 268 g/mol. The van der Waals surface area contributed by atoms with Crippen LogP contribution in [0.4, 0.5) is 5.69 Å². The van der Waals surface area contributed by atoms with Gasteiger partial charge < -0.3 is 10.4 Å². The van der Waals surface area contributed by atoms with Crippen molar-refractivity contribution in [2.24, 2.45) is 0 Å². The molecule has 0 amide bonds. The molecule has 1 unspecified atom stereocenters. The number of phenols is 1. The highest BCUT2D eigenvalue weighted by Gasteiger charge is 2.34. The van der Waals surface area contributed by atoms with Crippen LogP contribution in [-0.2, 0) is 0 Å². The lowest BCUT2D eigenvalue weighted by atomic mass is 10.1. The van der Waals surface area contributed by atoms with Crippen molar-refractivity contribution in [2.45, 2.75) is 31.3 Å². The Morgan fingerprint density at radius 2 is 1.80 bits per heavy atom. The van der Waals surface area contributed by atoms with Gasteiger partial charge in [0.25, 0.3) is 0 Å². The molecule has 2 aromatic rings. The number of hydrogen-bond donors (Lipinski definition) is 2. The molecular formula is C17H20N2O. The van der Waals surface area contributed by atoms with E-state index < -0.39 is 0 Å². The largest absolute Gasteiger partial charge is 0.507 e. The number of fused-ring (bicyclic) bond motifs is 1. The van der Waals surface area contributed by atoms with E-state index in [0.29, 0.717) is 11.8 Å². The zero-order valence-electron chi connectivity index (χ0n) is 11.5. The second kappa shape index (κ2) is 4.67. The maximum atomic E-state index is 9.94. The number of nitrogens with zero attached hydrogens (tertiary/aromatic N) is 1. The Balaban J connectivity index is 1.58. The maximum Gasteiger partial charge on any atom is 0.123 e. The highest BCUT2D eigenvalue weighted by Crippen LogP contribution is 2.33. The van der Waals surface area contributed by atoms with Crippen LogP contribution >= 0.6 is 0 Å². The fourth-order valence-electron chi connectivity index (χ4n) is 3.32. The molecule has 0 aromatic heterocycles. The normalized spacial score (nSPS) is 23.3. The van der Waals surface area contributed by atoms with E-state index in [-0.39, 0.29) is 0 Å². The first-order valence-electron chi connectivity index (χ1n) is 7.52. The second-order valence-electron chi connectivity index (χ2n) is 6.03. The standard InChI is InChI=1S/C17H20N2O/c20-17-6-2-3-14-15(17)4-1-5-16(14)18-12-9-10-19(11-12)13-7-8-13/h1-6,12-13,18,20H,7-11H2. The second-order valence-corrected chi connectivity index (χ2v) is 6.03. The van der Waals surface area contributed by atoms with Gasteiger partial charge in [-0.05, 0) is 31.4 Å². The van der Waals surface area contributed by atoms with E-state index in [4.69, 9.17) is 0 Å². The Morgan fingerprint density at radius 3 is 2.65 bits per heavy atom. The van der Waals surface area contributed by atoms with Crippen LogP contribution in [0, 0.1) is 0 Å². The van der Waals surface area contributed by atoms with E-state index in [1.54, 1.807) is 6.07 Å². The van der Waals surface area contributed by atoms with Crippen molar-refractivity contribution in [3.05, 3.63) is 36.4 Å². The molecule has 2 aromatic carbocycles. The summed E-state index contributed by atoms with van der Waals surface area (Å²) in [6, 6.07) is 13.2. The average Bonchev–Trinajstić information content (AvgIpc) is 3.21. The molecule has 1 atom stereocenters. The van der Waals surface area contributed by atoms with Gasteiger partial charge in [-0.25, -0.2) is 0 Å². The predicted octanol–water partition coefficient (Wildman–Crippen LogP) is 3.19. The number of nitrogens with one attached hydrogen (secondary N) is 1. The number of phenolic OH excluding ortho intramolecular Hbond substituents is 1. The van der Waals surface area contributed by atoms with Gasteiger partial charge in [-0.2, -0.15) is 0 Å². The molecule has 1 saturated carbocycles.